The summed E-state index contributed by atoms with van der Waals surface area (Å²) in [6, 6.07) is 0.801. The molecule has 2 rings (SSSR count). The molecule has 31 heavy (non-hydrogen) atoms. The van der Waals surface area contributed by atoms with E-state index in [1.54, 1.807) is 20.8 Å². The number of aliphatic hydroxyl groups is 1. The molecule has 0 fully saturated rings. The zero-order chi connectivity index (χ0) is 23.2. The Hall–Kier alpha value is -3.15. The molecule has 2 amide bonds. The van der Waals surface area contributed by atoms with Crippen LogP contribution in [0.2, 0.25) is 0 Å². The van der Waals surface area contributed by atoms with Crippen LogP contribution >= 0.6 is 0 Å². The van der Waals surface area contributed by atoms with E-state index in [1.807, 2.05) is 0 Å². The molecule has 2 heterocycles. The predicted octanol–water partition coefficient (Wildman–Crippen LogP) is 1.45. The lowest BCUT2D eigenvalue weighted by Gasteiger charge is -2.31. The second-order valence-corrected chi connectivity index (χ2v) is 7.04. The van der Waals surface area contributed by atoms with Gasteiger partial charge in [0.25, 0.3) is 5.91 Å². The van der Waals surface area contributed by atoms with Gasteiger partial charge < -0.3 is 25.8 Å². The Morgan fingerprint density at radius 3 is 2.71 bits per heavy atom. The lowest BCUT2D eigenvalue weighted by Crippen LogP contribution is -2.58. The molecular formula is C19H24F3N5O4. The Morgan fingerprint density at radius 1 is 1.39 bits per heavy atom. The van der Waals surface area contributed by atoms with Gasteiger partial charge in [0.15, 0.2) is 12.1 Å². The maximum Gasteiger partial charge on any atom is 0.422 e. The van der Waals surface area contributed by atoms with Crippen LogP contribution in [0.4, 0.5) is 13.2 Å². The number of aliphatic hydroxyl groups excluding tert-OH is 1. The van der Waals surface area contributed by atoms with Gasteiger partial charge in [0.05, 0.1) is 18.8 Å². The number of halogens is 3. The van der Waals surface area contributed by atoms with Gasteiger partial charge in [-0.2, -0.15) is 13.2 Å². The molecule has 4 N–H and O–H groups in total. The fourth-order valence-corrected chi connectivity index (χ4v) is 2.60. The Balaban J connectivity index is 2.07. The molecular weight excluding hydrogens is 419 g/mol. The topological polar surface area (TPSA) is 125 Å². The fraction of sp³-hybridized carbons (Fsp3) is 0.474. The van der Waals surface area contributed by atoms with Crippen LogP contribution in [0.15, 0.2) is 29.3 Å². The number of rotatable bonds is 8. The van der Waals surface area contributed by atoms with E-state index in [0.29, 0.717) is 5.56 Å². The minimum Gasteiger partial charge on any atom is -0.468 e. The van der Waals surface area contributed by atoms with Gasteiger partial charge in [-0.1, -0.05) is 6.92 Å². The summed E-state index contributed by atoms with van der Waals surface area (Å²) in [6.45, 7) is 2.77. The molecule has 2 unspecified atom stereocenters. The van der Waals surface area contributed by atoms with Crippen molar-refractivity contribution >= 4 is 18.0 Å². The third-order valence-corrected chi connectivity index (χ3v) is 4.33. The summed E-state index contributed by atoms with van der Waals surface area (Å²) in [6.07, 6.45) is -0.271. The van der Waals surface area contributed by atoms with E-state index in [1.165, 1.54) is 24.7 Å². The maximum atomic E-state index is 12.8. The smallest absolute Gasteiger partial charge is 0.422 e. The average Bonchev–Trinajstić information content (AvgIpc) is 2.71. The molecule has 1 aromatic rings. The monoisotopic (exact) mass is 443 g/mol. The summed E-state index contributed by atoms with van der Waals surface area (Å²) in [5.41, 5.74) is -0.760. The van der Waals surface area contributed by atoms with Crippen LogP contribution in [-0.2, 0) is 16.2 Å². The number of pyridine rings is 1. The van der Waals surface area contributed by atoms with Crippen molar-refractivity contribution in [3.63, 3.8) is 0 Å². The number of hydrogen-bond donors (Lipinski definition) is 4. The minimum absolute atomic E-state index is 0.0545. The van der Waals surface area contributed by atoms with Crippen molar-refractivity contribution in [1.29, 1.82) is 0 Å². The van der Waals surface area contributed by atoms with Crippen LogP contribution in [0.25, 0.3) is 0 Å². The normalized spacial score (nSPS) is 19.1. The second-order valence-electron chi connectivity index (χ2n) is 7.04. The molecule has 0 spiro atoms. The number of carbonyl (C=O) groups excluding carboxylic acids is 2. The molecule has 12 heteroatoms. The van der Waals surface area contributed by atoms with Crippen molar-refractivity contribution in [3.8, 4) is 5.88 Å². The number of carbonyl (C=O) groups is 2. The van der Waals surface area contributed by atoms with Crippen molar-refractivity contribution in [2.24, 2.45) is 4.99 Å². The highest BCUT2D eigenvalue weighted by atomic mass is 19.4. The number of aliphatic imine (C=N–C) groups is 1. The Labute approximate surface area is 176 Å². The van der Waals surface area contributed by atoms with Crippen molar-refractivity contribution in [2.45, 2.75) is 51.6 Å². The van der Waals surface area contributed by atoms with Crippen molar-refractivity contribution < 1.29 is 32.6 Å². The third kappa shape index (κ3) is 6.67. The molecule has 170 valence electrons. The third-order valence-electron chi connectivity index (χ3n) is 4.33. The van der Waals surface area contributed by atoms with Gasteiger partial charge >= 0.3 is 6.18 Å². The first kappa shape index (κ1) is 24.1. The molecule has 0 radical (unpaired) electrons. The summed E-state index contributed by atoms with van der Waals surface area (Å²) < 4.78 is 41.7. The van der Waals surface area contributed by atoms with E-state index in [4.69, 9.17) is 0 Å². The number of aromatic nitrogens is 1. The van der Waals surface area contributed by atoms with Crippen LogP contribution in [0, 0.1) is 0 Å². The van der Waals surface area contributed by atoms with Gasteiger partial charge in [0.2, 0.25) is 11.8 Å². The van der Waals surface area contributed by atoms with Gasteiger partial charge in [-0.3, -0.25) is 14.6 Å². The summed E-state index contributed by atoms with van der Waals surface area (Å²) >= 11 is 0. The average molecular weight is 443 g/mol. The Morgan fingerprint density at radius 2 is 2.10 bits per heavy atom. The summed E-state index contributed by atoms with van der Waals surface area (Å²) in [7, 11) is 0. The van der Waals surface area contributed by atoms with Crippen LogP contribution in [0.5, 0.6) is 5.88 Å². The number of alkyl halides is 3. The van der Waals surface area contributed by atoms with E-state index < -0.39 is 36.9 Å². The SMILES string of the molecule is CCC(=O)NC1=CN=CC(C)(C(=O)NC(C)c2cnc(OCC(F)(F)F)c(CO)c2)N1. The highest BCUT2D eigenvalue weighted by molar-refractivity contribution is 6.03. The first-order chi connectivity index (χ1) is 14.5. The molecule has 0 bridgehead atoms. The predicted molar refractivity (Wildman–Crippen MR) is 105 cm³/mol. The number of nitrogens with one attached hydrogen (secondary N) is 3. The molecule has 0 saturated heterocycles. The summed E-state index contributed by atoms with van der Waals surface area (Å²) in [5.74, 6) is -0.780. The van der Waals surface area contributed by atoms with Crippen LogP contribution < -0.4 is 20.7 Å². The zero-order valence-electron chi connectivity index (χ0n) is 17.2. The van der Waals surface area contributed by atoms with Crippen molar-refractivity contribution in [1.82, 2.24) is 20.9 Å². The number of hydrogen-bond acceptors (Lipinski definition) is 7. The lowest BCUT2D eigenvalue weighted by molar-refractivity contribution is -0.154. The van der Waals surface area contributed by atoms with Gasteiger partial charge in [-0.15, -0.1) is 0 Å². The Bertz CT molecular complexity index is 888. The van der Waals surface area contributed by atoms with E-state index in [-0.39, 0.29) is 29.6 Å². The largest absolute Gasteiger partial charge is 0.468 e. The maximum absolute atomic E-state index is 12.8. The van der Waals surface area contributed by atoms with Crippen molar-refractivity contribution in [3.05, 3.63) is 35.4 Å². The molecule has 1 aliphatic heterocycles. The van der Waals surface area contributed by atoms with Crippen molar-refractivity contribution in [2.75, 3.05) is 6.61 Å². The number of nitrogens with zero attached hydrogens (tertiary/aromatic N) is 2. The molecule has 1 aliphatic rings. The molecule has 9 nitrogen and oxygen atoms in total. The lowest BCUT2D eigenvalue weighted by atomic mass is 10.0. The minimum atomic E-state index is -4.54. The zero-order valence-corrected chi connectivity index (χ0v) is 17.2. The summed E-state index contributed by atoms with van der Waals surface area (Å²) in [4.78, 5) is 32.2. The first-order valence-corrected chi connectivity index (χ1v) is 9.40. The first-order valence-electron chi connectivity index (χ1n) is 9.40. The summed E-state index contributed by atoms with van der Waals surface area (Å²) in [5, 5.41) is 17.7. The van der Waals surface area contributed by atoms with Crippen LogP contribution in [0.1, 0.15) is 44.4 Å². The molecule has 2 atom stereocenters. The van der Waals surface area contributed by atoms with Gasteiger partial charge in [-0.05, 0) is 25.5 Å². The second kappa shape index (κ2) is 9.77. The van der Waals surface area contributed by atoms with Crippen LogP contribution in [-0.4, -0.2) is 46.4 Å². The molecule has 0 aromatic carbocycles. The number of ether oxygens (including phenoxy) is 1. The Kier molecular flexibility index (Phi) is 7.60. The van der Waals surface area contributed by atoms with E-state index >= 15 is 0 Å². The van der Waals surface area contributed by atoms with E-state index in [2.05, 4.69) is 30.7 Å². The fourth-order valence-electron chi connectivity index (χ4n) is 2.60. The van der Waals surface area contributed by atoms with Gasteiger partial charge in [0, 0.05) is 24.4 Å². The molecule has 0 aliphatic carbocycles. The molecule has 0 saturated carbocycles. The highest BCUT2D eigenvalue weighted by Crippen LogP contribution is 2.24. The van der Waals surface area contributed by atoms with E-state index in [9.17, 15) is 27.9 Å². The van der Waals surface area contributed by atoms with E-state index in [0.717, 1.165) is 0 Å². The number of amides is 2. The van der Waals surface area contributed by atoms with Gasteiger partial charge in [0.1, 0.15) is 5.82 Å². The van der Waals surface area contributed by atoms with Crippen LogP contribution in [0.3, 0.4) is 0 Å². The van der Waals surface area contributed by atoms with Gasteiger partial charge in [-0.25, -0.2) is 4.98 Å². The quantitative estimate of drug-likeness (QED) is 0.482. The standard InChI is InChI=1S/C19H24F3N5O4/c1-4-15(29)26-14-7-23-9-18(3,27-14)17(30)25-11(2)12-5-13(8-28)16(24-6-12)31-10-19(20,21)22/h5-7,9,11,27-28H,4,8,10H2,1-3H3,(H,25,30)(H,26,29). The highest BCUT2D eigenvalue weighted by Gasteiger charge is 2.35. The molecule has 1 aromatic heterocycles.